The van der Waals surface area contributed by atoms with E-state index >= 15 is 0 Å². The predicted molar refractivity (Wildman–Crippen MR) is 88.9 cm³/mol. The van der Waals surface area contributed by atoms with Gasteiger partial charge in [0.15, 0.2) is 5.60 Å². The fraction of sp³-hybridized carbons (Fsp3) is 0.278. The number of ether oxygens (including phenoxy) is 1. The Balaban J connectivity index is 2.16. The second-order valence-corrected chi connectivity index (χ2v) is 6.16. The van der Waals surface area contributed by atoms with Crippen molar-refractivity contribution < 1.29 is 19.7 Å². The largest absolute Gasteiger partial charge is 0.487 e. The summed E-state index contributed by atoms with van der Waals surface area (Å²) in [6.07, 6.45) is -0.0259. The van der Waals surface area contributed by atoms with Crippen molar-refractivity contribution >= 4 is 17.6 Å². The molecule has 0 saturated heterocycles. The molecule has 0 fully saturated rings. The van der Waals surface area contributed by atoms with Crippen molar-refractivity contribution in [3.63, 3.8) is 0 Å². The standard InChI is InChI=1S/C18H19ClO4/c1-12-8-14(10-18(2,22)17(20)21)9-15(19)16(12)23-11-13-6-4-3-5-7-13/h3-9,22H,10-11H2,1-2H3,(H,20,21). The third-order valence-electron chi connectivity index (χ3n) is 3.52. The van der Waals surface area contributed by atoms with Crippen molar-refractivity contribution in [2.45, 2.75) is 32.5 Å². The van der Waals surface area contributed by atoms with Crippen LogP contribution in [0.4, 0.5) is 0 Å². The van der Waals surface area contributed by atoms with Crippen LogP contribution in [0, 0.1) is 6.92 Å². The molecule has 1 unspecified atom stereocenters. The molecule has 23 heavy (non-hydrogen) atoms. The second-order valence-electron chi connectivity index (χ2n) is 5.75. The van der Waals surface area contributed by atoms with E-state index in [1.807, 2.05) is 37.3 Å². The number of carboxylic acids is 1. The van der Waals surface area contributed by atoms with Gasteiger partial charge in [-0.25, -0.2) is 4.79 Å². The lowest BCUT2D eigenvalue weighted by Gasteiger charge is -2.19. The predicted octanol–water partition coefficient (Wildman–Crippen LogP) is 3.61. The molecule has 0 aliphatic carbocycles. The van der Waals surface area contributed by atoms with E-state index in [4.69, 9.17) is 21.4 Å². The molecular formula is C18H19ClO4. The third-order valence-corrected chi connectivity index (χ3v) is 3.80. The zero-order chi connectivity index (χ0) is 17.0. The lowest BCUT2D eigenvalue weighted by atomic mass is 9.95. The number of benzene rings is 2. The number of hydrogen-bond donors (Lipinski definition) is 2. The van der Waals surface area contributed by atoms with Gasteiger partial charge in [-0.05, 0) is 36.6 Å². The van der Waals surface area contributed by atoms with Crippen LogP contribution < -0.4 is 4.74 Å². The fourth-order valence-electron chi connectivity index (χ4n) is 2.29. The highest BCUT2D eigenvalue weighted by atomic mass is 35.5. The average Bonchev–Trinajstić information content (AvgIpc) is 2.46. The molecule has 1 atom stereocenters. The van der Waals surface area contributed by atoms with Gasteiger partial charge in [0, 0.05) is 6.42 Å². The van der Waals surface area contributed by atoms with Gasteiger partial charge in [0.1, 0.15) is 12.4 Å². The van der Waals surface area contributed by atoms with Crippen molar-refractivity contribution in [2.24, 2.45) is 0 Å². The molecule has 2 aromatic rings. The van der Waals surface area contributed by atoms with Crippen molar-refractivity contribution in [1.29, 1.82) is 0 Å². The minimum atomic E-state index is -1.83. The van der Waals surface area contributed by atoms with E-state index in [1.165, 1.54) is 6.92 Å². The summed E-state index contributed by atoms with van der Waals surface area (Å²) in [4.78, 5) is 11.0. The van der Waals surface area contributed by atoms with E-state index in [-0.39, 0.29) is 6.42 Å². The molecule has 0 bridgehead atoms. The molecule has 2 N–H and O–H groups in total. The zero-order valence-corrected chi connectivity index (χ0v) is 13.8. The van der Waals surface area contributed by atoms with Crippen LogP contribution in [0.2, 0.25) is 5.02 Å². The Bertz CT molecular complexity index is 672. The van der Waals surface area contributed by atoms with Crippen molar-refractivity contribution in [3.8, 4) is 5.75 Å². The van der Waals surface area contributed by atoms with Crippen LogP contribution in [-0.4, -0.2) is 21.8 Å². The number of aliphatic hydroxyl groups is 1. The Morgan fingerprint density at radius 3 is 2.43 bits per heavy atom. The van der Waals surface area contributed by atoms with E-state index in [0.29, 0.717) is 22.9 Å². The minimum Gasteiger partial charge on any atom is -0.487 e. The normalized spacial score (nSPS) is 13.4. The van der Waals surface area contributed by atoms with E-state index < -0.39 is 11.6 Å². The first-order chi connectivity index (χ1) is 10.8. The summed E-state index contributed by atoms with van der Waals surface area (Å²) >= 11 is 6.26. The molecular weight excluding hydrogens is 316 g/mol. The number of rotatable bonds is 6. The summed E-state index contributed by atoms with van der Waals surface area (Å²) in [5, 5.41) is 19.3. The Labute approximate surface area is 140 Å². The highest BCUT2D eigenvalue weighted by Gasteiger charge is 2.30. The van der Waals surface area contributed by atoms with Crippen LogP contribution in [0.5, 0.6) is 5.75 Å². The molecule has 0 radical (unpaired) electrons. The van der Waals surface area contributed by atoms with Gasteiger partial charge in [-0.2, -0.15) is 0 Å². The van der Waals surface area contributed by atoms with Crippen LogP contribution >= 0.6 is 11.6 Å². The van der Waals surface area contributed by atoms with Gasteiger partial charge in [0.25, 0.3) is 0 Å². The lowest BCUT2D eigenvalue weighted by Crippen LogP contribution is -2.37. The molecule has 4 nitrogen and oxygen atoms in total. The fourth-order valence-corrected chi connectivity index (χ4v) is 2.63. The smallest absolute Gasteiger partial charge is 0.335 e. The molecule has 0 aliphatic rings. The Kier molecular flexibility index (Phi) is 5.29. The summed E-state index contributed by atoms with van der Waals surface area (Å²) < 4.78 is 5.78. The molecule has 2 rings (SSSR count). The van der Waals surface area contributed by atoms with E-state index in [1.54, 1.807) is 12.1 Å². The molecule has 0 aromatic heterocycles. The monoisotopic (exact) mass is 334 g/mol. The number of carboxylic acid groups (broad SMARTS) is 1. The quantitative estimate of drug-likeness (QED) is 0.847. The molecule has 0 heterocycles. The van der Waals surface area contributed by atoms with Crippen LogP contribution in [-0.2, 0) is 17.8 Å². The first-order valence-corrected chi connectivity index (χ1v) is 7.59. The van der Waals surface area contributed by atoms with Crippen molar-refractivity contribution in [3.05, 3.63) is 64.2 Å². The summed E-state index contributed by atoms with van der Waals surface area (Å²) in [7, 11) is 0. The maximum Gasteiger partial charge on any atom is 0.335 e. The third kappa shape index (κ3) is 4.47. The minimum absolute atomic E-state index is 0.0259. The maximum absolute atomic E-state index is 11.0. The number of hydrogen-bond acceptors (Lipinski definition) is 3. The number of aliphatic carboxylic acids is 1. The summed E-state index contributed by atoms with van der Waals surface area (Å²) in [6, 6.07) is 13.1. The highest BCUT2D eigenvalue weighted by molar-refractivity contribution is 6.32. The van der Waals surface area contributed by atoms with Crippen molar-refractivity contribution in [2.75, 3.05) is 0 Å². The molecule has 2 aromatic carbocycles. The Hall–Kier alpha value is -2.04. The van der Waals surface area contributed by atoms with Crippen LogP contribution in [0.3, 0.4) is 0 Å². The summed E-state index contributed by atoms with van der Waals surface area (Å²) in [6.45, 7) is 3.50. The molecule has 0 saturated carbocycles. The molecule has 122 valence electrons. The van der Waals surface area contributed by atoms with Crippen LogP contribution in [0.15, 0.2) is 42.5 Å². The molecule has 0 amide bonds. The first kappa shape index (κ1) is 17.3. The van der Waals surface area contributed by atoms with Gasteiger partial charge < -0.3 is 14.9 Å². The van der Waals surface area contributed by atoms with Gasteiger partial charge >= 0.3 is 5.97 Å². The summed E-state index contributed by atoms with van der Waals surface area (Å²) in [5.74, 6) is -0.704. The van der Waals surface area contributed by atoms with E-state index in [9.17, 15) is 9.90 Å². The van der Waals surface area contributed by atoms with Gasteiger partial charge in [0.2, 0.25) is 0 Å². The molecule has 0 aliphatic heterocycles. The Morgan fingerprint density at radius 1 is 1.22 bits per heavy atom. The molecule has 5 heteroatoms. The van der Waals surface area contributed by atoms with Gasteiger partial charge in [-0.1, -0.05) is 48.0 Å². The van der Waals surface area contributed by atoms with Gasteiger partial charge in [-0.3, -0.25) is 0 Å². The summed E-state index contributed by atoms with van der Waals surface area (Å²) in [5.41, 5.74) is 0.639. The van der Waals surface area contributed by atoms with Gasteiger partial charge in [-0.15, -0.1) is 0 Å². The average molecular weight is 335 g/mol. The van der Waals surface area contributed by atoms with E-state index in [0.717, 1.165) is 11.1 Å². The number of carbonyl (C=O) groups is 1. The SMILES string of the molecule is Cc1cc(CC(C)(O)C(=O)O)cc(Cl)c1OCc1ccccc1. The zero-order valence-electron chi connectivity index (χ0n) is 13.0. The number of aryl methyl sites for hydroxylation is 1. The second kappa shape index (κ2) is 7.02. The Morgan fingerprint density at radius 2 is 1.87 bits per heavy atom. The van der Waals surface area contributed by atoms with Crippen LogP contribution in [0.1, 0.15) is 23.6 Å². The van der Waals surface area contributed by atoms with E-state index in [2.05, 4.69) is 0 Å². The van der Waals surface area contributed by atoms with Crippen molar-refractivity contribution in [1.82, 2.24) is 0 Å². The maximum atomic E-state index is 11.0. The topological polar surface area (TPSA) is 66.8 Å². The lowest BCUT2D eigenvalue weighted by molar-refractivity contribution is -0.156. The molecule has 0 spiro atoms. The van der Waals surface area contributed by atoms with Gasteiger partial charge in [0.05, 0.1) is 5.02 Å². The first-order valence-electron chi connectivity index (χ1n) is 7.21. The number of halogens is 1. The van der Waals surface area contributed by atoms with Crippen LogP contribution in [0.25, 0.3) is 0 Å². The highest BCUT2D eigenvalue weighted by Crippen LogP contribution is 2.32.